The molecule has 2 rings (SSSR count). The number of nitrogens with two attached hydrogens (primary N) is 1. The van der Waals surface area contributed by atoms with Crippen LogP contribution >= 0.6 is 34.5 Å². The smallest absolute Gasteiger partial charge is 0.124 e. The van der Waals surface area contributed by atoms with Crippen LogP contribution in [-0.2, 0) is 13.0 Å². The Morgan fingerprint density at radius 3 is 2.35 bits per heavy atom. The Bertz CT molecular complexity index is 496. The lowest BCUT2D eigenvalue weighted by Gasteiger charge is -1.98. The summed E-state index contributed by atoms with van der Waals surface area (Å²) in [6.07, 6.45) is 0.886. The molecule has 5 heteroatoms. The van der Waals surface area contributed by atoms with E-state index in [1.54, 1.807) is 17.4 Å². The second kappa shape index (κ2) is 5.36. The van der Waals surface area contributed by atoms with Gasteiger partial charge in [0.25, 0.3) is 0 Å². The highest BCUT2D eigenvalue weighted by molar-refractivity contribution is 7.15. The minimum Gasteiger partial charge on any atom is -0.326 e. The first kappa shape index (κ1) is 12.8. The number of halogens is 2. The zero-order valence-electron chi connectivity index (χ0n) is 9.34. The number of nitrogens with zero attached hydrogens (tertiary/aromatic N) is 1. The fourth-order valence-electron chi connectivity index (χ4n) is 1.62. The molecule has 0 spiro atoms. The summed E-state index contributed by atoms with van der Waals surface area (Å²) in [4.78, 5) is 5.70. The molecular formula is C12H12Cl2N2S. The maximum atomic E-state index is 5.98. The van der Waals surface area contributed by atoms with Gasteiger partial charge >= 0.3 is 0 Å². The minimum atomic E-state index is 0.523. The van der Waals surface area contributed by atoms with Gasteiger partial charge in [-0.3, -0.25) is 0 Å². The second-order valence-corrected chi connectivity index (χ2v) is 5.56. The monoisotopic (exact) mass is 286 g/mol. The van der Waals surface area contributed by atoms with Crippen molar-refractivity contribution in [1.82, 2.24) is 4.98 Å². The highest BCUT2D eigenvalue weighted by atomic mass is 35.5. The first-order valence-electron chi connectivity index (χ1n) is 5.29. The highest BCUT2D eigenvalue weighted by Crippen LogP contribution is 2.32. The molecule has 2 N–H and O–H groups in total. The maximum Gasteiger partial charge on any atom is 0.124 e. The standard InChI is InChI=1S/C12H12Cl2N2S/c1-2-10-11(6-15)17-12(16-10)7-3-8(13)5-9(14)4-7/h3-5H,2,6,15H2,1H3. The molecule has 0 amide bonds. The van der Waals surface area contributed by atoms with Gasteiger partial charge in [0.05, 0.1) is 5.69 Å². The normalized spacial score (nSPS) is 10.8. The van der Waals surface area contributed by atoms with Crippen LogP contribution in [0.2, 0.25) is 10.0 Å². The van der Waals surface area contributed by atoms with Gasteiger partial charge in [-0.05, 0) is 24.6 Å². The summed E-state index contributed by atoms with van der Waals surface area (Å²) in [6, 6.07) is 5.45. The number of rotatable bonds is 3. The molecule has 1 heterocycles. The molecule has 0 saturated carbocycles. The van der Waals surface area contributed by atoms with Crippen molar-refractivity contribution in [1.29, 1.82) is 0 Å². The summed E-state index contributed by atoms with van der Waals surface area (Å²) in [7, 11) is 0. The molecular weight excluding hydrogens is 275 g/mol. The van der Waals surface area contributed by atoms with Gasteiger partial charge in [-0.25, -0.2) is 4.98 Å². The van der Waals surface area contributed by atoms with E-state index in [0.717, 1.165) is 27.6 Å². The van der Waals surface area contributed by atoms with Crippen molar-refractivity contribution in [3.63, 3.8) is 0 Å². The highest BCUT2D eigenvalue weighted by Gasteiger charge is 2.11. The van der Waals surface area contributed by atoms with Crippen molar-refractivity contribution < 1.29 is 0 Å². The summed E-state index contributed by atoms with van der Waals surface area (Å²) in [5.41, 5.74) is 7.70. The van der Waals surface area contributed by atoms with E-state index < -0.39 is 0 Å². The SMILES string of the molecule is CCc1nc(-c2cc(Cl)cc(Cl)c2)sc1CN. The third kappa shape index (κ3) is 2.80. The number of hydrogen-bond donors (Lipinski definition) is 1. The van der Waals surface area contributed by atoms with Crippen LogP contribution < -0.4 is 5.73 Å². The molecule has 0 aliphatic heterocycles. The van der Waals surface area contributed by atoms with Crippen molar-refractivity contribution in [3.8, 4) is 10.6 Å². The van der Waals surface area contributed by atoms with Gasteiger partial charge in [0.15, 0.2) is 0 Å². The van der Waals surface area contributed by atoms with E-state index in [1.807, 2.05) is 12.1 Å². The van der Waals surface area contributed by atoms with Crippen molar-refractivity contribution in [2.75, 3.05) is 0 Å². The predicted molar refractivity (Wildman–Crippen MR) is 74.8 cm³/mol. The molecule has 0 radical (unpaired) electrons. The number of aryl methyl sites for hydroxylation is 1. The number of thiazole rings is 1. The molecule has 0 aliphatic carbocycles. The first-order valence-corrected chi connectivity index (χ1v) is 6.86. The average molecular weight is 287 g/mol. The Kier molecular flexibility index (Phi) is 4.05. The molecule has 2 nitrogen and oxygen atoms in total. The van der Waals surface area contributed by atoms with Crippen LogP contribution in [0.25, 0.3) is 10.6 Å². The zero-order chi connectivity index (χ0) is 12.4. The van der Waals surface area contributed by atoms with E-state index in [1.165, 1.54) is 0 Å². The van der Waals surface area contributed by atoms with E-state index in [4.69, 9.17) is 28.9 Å². The van der Waals surface area contributed by atoms with Crippen LogP contribution in [-0.4, -0.2) is 4.98 Å². The van der Waals surface area contributed by atoms with Crippen molar-refractivity contribution in [3.05, 3.63) is 38.8 Å². The number of hydrogen-bond acceptors (Lipinski definition) is 3. The van der Waals surface area contributed by atoms with Crippen LogP contribution in [0.1, 0.15) is 17.5 Å². The van der Waals surface area contributed by atoms with Gasteiger partial charge in [-0.1, -0.05) is 30.1 Å². The third-order valence-corrected chi connectivity index (χ3v) is 4.01. The van der Waals surface area contributed by atoms with E-state index in [2.05, 4.69) is 11.9 Å². The lowest BCUT2D eigenvalue weighted by atomic mass is 10.2. The maximum absolute atomic E-state index is 5.98. The van der Waals surface area contributed by atoms with Crippen molar-refractivity contribution in [2.45, 2.75) is 19.9 Å². The summed E-state index contributed by atoms with van der Waals surface area (Å²) in [6.45, 7) is 2.60. The largest absolute Gasteiger partial charge is 0.326 e. The Morgan fingerprint density at radius 2 is 1.88 bits per heavy atom. The minimum absolute atomic E-state index is 0.523. The third-order valence-electron chi connectivity index (χ3n) is 2.41. The lowest BCUT2D eigenvalue weighted by molar-refractivity contribution is 0.989. The molecule has 17 heavy (non-hydrogen) atoms. The summed E-state index contributed by atoms with van der Waals surface area (Å²) in [5, 5.41) is 2.16. The van der Waals surface area contributed by atoms with Crippen LogP contribution in [0.5, 0.6) is 0 Å². The van der Waals surface area contributed by atoms with Crippen molar-refractivity contribution >= 4 is 34.5 Å². The quantitative estimate of drug-likeness (QED) is 0.921. The van der Waals surface area contributed by atoms with Gasteiger partial charge in [-0.15, -0.1) is 11.3 Å². The summed E-state index contributed by atoms with van der Waals surface area (Å²) >= 11 is 13.6. The molecule has 1 aromatic carbocycles. The van der Waals surface area contributed by atoms with Gasteiger partial charge in [0, 0.05) is 27.0 Å². The molecule has 1 aromatic heterocycles. The Morgan fingerprint density at radius 1 is 1.24 bits per heavy atom. The van der Waals surface area contributed by atoms with E-state index in [0.29, 0.717) is 16.6 Å². The van der Waals surface area contributed by atoms with Crippen LogP contribution in [0, 0.1) is 0 Å². The molecule has 0 unspecified atom stereocenters. The molecule has 0 atom stereocenters. The van der Waals surface area contributed by atoms with Crippen LogP contribution in [0.4, 0.5) is 0 Å². The lowest BCUT2D eigenvalue weighted by Crippen LogP contribution is -1.96. The fraction of sp³-hybridized carbons (Fsp3) is 0.250. The summed E-state index contributed by atoms with van der Waals surface area (Å²) in [5.74, 6) is 0. The molecule has 90 valence electrons. The Labute approximate surface area is 114 Å². The van der Waals surface area contributed by atoms with Gasteiger partial charge in [-0.2, -0.15) is 0 Å². The fourth-order valence-corrected chi connectivity index (χ4v) is 3.16. The Balaban J connectivity index is 2.48. The average Bonchev–Trinajstić information content (AvgIpc) is 2.70. The van der Waals surface area contributed by atoms with E-state index >= 15 is 0 Å². The molecule has 0 aliphatic rings. The number of aromatic nitrogens is 1. The second-order valence-electron chi connectivity index (χ2n) is 3.60. The molecule has 0 fully saturated rings. The Hall–Kier alpha value is -0.610. The summed E-state index contributed by atoms with van der Waals surface area (Å²) < 4.78 is 0. The van der Waals surface area contributed by atoms with Crippen molar-refractivity contribution in [2.24, 2.45) is 5.73 Å². The van der Waals surface area contributed by atoms with E-state index in [-0.39, 0.29) is 0 Å². The van der Waals surface area contributed by atoms with Gasteiger partial charge < -0.3 is 5.73 Å². The molecule has 0 saturated heterocycles. The van der Waals surface area contributed by atoms with E-state index in [9.17, 15) is 0 Å². The van der Waals surface area contributed by atoms with Crippen LogP contribution in [0.15, 0.2) is 18.2 Å². The van der Waals surface area contributed by atoms with Gasteiger partial charge in [0.1, 0.15) is 5.01 Å². The number of benzene rings is 1. The van der Waals surface area contributed by atoms with Gasteiger partial charge in [0.2, 0.25) is 0 Å². The molecule has 0 bridgehead atoms. The topological polar surface area (TPSA) is 38.9 Å². The zero-order valence-corrected chi connectivity index (χ0v) is 11.7. The predicted octanol–water partition coefficient (Wildman–Crippen LogP) is 4.14. The van der Waals surface area contributed by atoms with Crippen LogP contribution in [0.3, 0.4) is 0 Å². The first-order chi connectivity index (χ1) is 8.13. The molecule has 2 aromatic rings.